The van der Waals surface area contributed by atoms with Gasteiger partial charge in [-0.2, -0.15) is 4.37 Å². The Balaban J connectivity index is 1.94. The molecule has 2 N–H and O–H groups in total. The van der Waals surface area contributed by atoms with Gasteiger partial charge in [0.1, 0.15) is 9.90 Å². The molecule has 0 saturated carbocycles. The van der Waals surface area contributed by atoms with Gasteiger partial charge in [0.15, 0.2) is 15.7 Å². The summed E-state index contributed by atoms with van der Waals surface area (Å²) in [6, 6.07) is 8.36. The normalized spacial score (nSPS) is 15.6. The van der Waals surface area contributed by atoms with Gasteiger partial charge < -0.3 is 10.6 Å². The highest BCUT2D eigenvalue weighted by molar-refractivity contribution is 7.91. The van der Waals surface area contributed by atoms with E-state index >= 15 is 0 Å². The fourth-order valence-corrected chi connectivity index (χ4v) is 4.96. The molecule has 21 heavy (non-hydrogen) atoms. The second kappa shape index (κ2) is 5.31. The number of hydrogen-bond donors (Lipinski definition) is 1. The van der Waals surface area contributed by atoms with Crippen LogP contribution in [0.15, 0.2) is 29.2 Å². The molecule has 0 radical (unpaired) electrons. The number of nitrogen functional groups attached to an aromatic ring is 1. The lowest BCUT2D eigenvalue weighted by atomic mass is 10.0. The Hall–Kier alpha value is -1.60. The number of hydrogen-bond acceptors (Lipinski definition) is 6. The zero-order chi connectivity index (χ0) is 15.0. The molecule has 112 valence electrons. The maximum absolute atomic E-state index is 11.9. The summed E-state index contributed by atoms with van der Waals surface area (Å²) in [5.74, 6) is 0.110. The molecule has 5 nitrogen and oxygen atoms in total. The number of nitrogens with two attached hydrogens (primary N) is 1. The van der Waals surface area contributed by atoms with Crippen LogP contribution in [0.25, 0.3) is 0 Å². The summed E-state index contributed by atoms with van der Waals surface area (Å²) >= 11 is 1.17. The third kappa shape index (κ3) is 2.75. The molecule has 1 aliphatic rings. The Morgan fingerprint density at radius 3 is 2.29 bits per heavy atom. The van der Waals surface area contributed by atoms with Crippen molar-refractivity contribution < 1.29 is 8.42 Å². The van der Waals surface area contributed by atoms with E-state index in [4.69, 9.17) is 5.73 Å². The summed E-state index contributed by atoms with van der Waals surface area (Å²) in [4.78, 5) is 2.27. The van der Waals surface area contributed by atoms with E-state index in [0.717, 1.165) is 25.9 Å². The summed E-state index contributed by atoms with van der Waals surface area (Å²) in [7, 11) is -3.37. The van der Waals surface area contributed by atoms with E-state index in [1.54, 1.807) is 0 Å². The van der Waals surface area contributed by atoms with Crippen LogP contribution in [0.2, 0.25) is 0 Å². The fourth-order valence-electron chi connectivity index (χ4n) is 2.71. The van der Waals surface area contributed by atoms with Crippen LogP contribution in [0.5, 0.6) is 0 Å². The maximum atomic E-state index is 11.9. The minimum atomic E-state index is -3.37. The summed E-state index contributed by atoms with van der Waals surface area (Å²) in [5, 5.41) is 0.669. The van der Waals surface area contributed by atoms with Crippen molar-refractivity contribution in [3.63, 3.8) is 0 Å². The third-order valence-electron chi connectivity index (χ3n) is 3.74. The van der Waals surface area contributed by atoms with Crippen LogP contribution in [-0.4, -0.2) is 32.1 Å². The minimum Gasteiger partial charge on any atom is -0.382 e. The predicted molar refractivity (Wildman–Crippen MR) is 85.7 cm³/mol. The Morgan fingerprint density at radius 2 is 1.76 bits per heavy atom. The maximum Gasteiger partial charge on any atom is 0.182 e. The van der Waals surface area contributed by atoms with Gasteiger partial charge in [0.05, 0.1) is 0 Å². The van der Waals surface area contributed by atoms with Crippen LogP contribution in [0.4, 0.5) is 10.8 Å². The van der Waals surface area contributed by atoms with Crippen LogP contribution >= 0.6 is 11.5 Å². The Labute approximate surface area is 128 Å². The Morgan fingerprint density at radius 1 is 1.19 bits per heavy atom. The first-order chi connectivity index (χ1) is 9.97. The molecule has 0 bridgehead atoms. The molecular formula is C14H17N3O2S2. The first-order valence-corrected chi connectivity index (χ1v) is 9.40. The van der Waals surface area contributed by atoms with Crippen molar-refractivity contribution in [3.8, 4) is 0 Å². The van der Waals surface area contributed by atoms with Crippen molar-refractivity contribution >= 4 is 32.2 Å². The minimum absolute atomic E-state index is 0.110. The average molecular weight is 323 g/mol. The molecule has 1 aromatic carbocycles. The smallest absolute Gasteiger partial charge is 0.182 e. The molecule has 7 heteroatoms. The lowest BCUT2D eigenvalue weighted by Gasteiger charge is -2.21. The number of fused-ring (bicyclic) bond motifs is 1. The molecule has 0 saturated heterocycles. The largest absolute Gasteiger partial charge is 0.382 e. The number of anilines is 2. The zero-order valence-electron chi connectivity index (χ0n) is 11.7. The molecule has 1 aliphatic heterocycles. The molecule has 2 heterocycles. The SMILES string of the molecule is CS(=O)(=O)c1c(N)nsc1N1CCc2ccccc2CC1. The quantitative estimate of drug-likeness (QED) is 0.911. The van der Waals surface area contributed by atoms with Gasteiger partial charge in [-0.05, 0) is 35.5 Å². The lowest BCUT2D eigenvalue weighted by molar-refractivity contribution is 0.602. The van der Waals surface area contributed by atoms with E-state index in [0.29, 0.717) is 5.00 Å². The molecule has 0 unspecified atom stereocenters. The molecule has 0 fully saturated rings. The molecule has 2 aromatic rings. The molecule has 3 rings (SSSR count). The highest BCUT2D eigenvalue weighted by Crippen LogP contribution is 2.35. The summed E-state index contributed by atoms with van der Waals surface area (Å²) in [5.41, 5.74) is 8.41. The standard InChI is InChI=1S/C14H17N3O2S2/c1-21(18,19)12-13(15)16-20-14(12)17-8-6-10-4-2-3-5-11(10)7-9-17/h2-5H,6-9H2,1H3,(H2,15,16). The van der Waals surface area contributed by atoms with Crippen LogP contribution < -0.4 is 10.6 Å². The van der Waals surface area contributed by atoms with E-state index in [9.17, 15) is 8.42 Å². The number of nitrogens with zero attached hydrogens (tertiary/aromatic N) is 2. The average Bonchev–Trinajstić information content (AvgIpc) is 2.70. The number of benzene rings is 1. The van der Waals surface area contributed by atoms with Gasteiger partial charge in [-0.25, -0.2) is 8.42 Å². The molecule has 0 spiro atoms. The first kappa shape index (κ1) is 14.3. The van der Waals surface area contributed by atoms with Crippen LogP contribution in [0.1, 0.15) is 11.1 Å². The van der Waals surface area contributed by atoms with Crippen molar-refractivity contribution in [1.82, 2.24) is 4.37 Å². The number of sulfone groups is 1. The van der Waals surface area contributed by atoms with Crippen LogP contribution in [0, 0.1) is 0 Å². The van der Waals surface area contributed by atoms with Crippen LogP contribution in [-0.2, 0) is 22.7 Å². The van der Waals surface area contributed by atoms with E-state index in [-0.39, 0.29) is 10.7 Å². The van der Waals surface area contributed by atoms with Gasteiger partial charge in [0.2, 0.25) is 0 Å². The van der Waals surface area contributed by atoms with Crippen molar-refractivity contribution in [3.05, 3.63) is 35.4 Å². The second-order valence-corrected chi connectivity index (χ2v) is 7.93. The van der Waals surface area contributed by atoms with E-state index in [1.165, 1.54) is 28.9 Å². The van der Waals surface area contributed by atoms with Crippen LogP contribution in [0.3, 0.4) is 0 Å². The van der Waals surface area contributed by atoms with Gasteiger partial charge in [-0.15, -0.1) is 0 Å². The van der Waals surface area contributed by atoms with Crippen molar-refractivity contribution in [2.75, 3.05) is 30.0 Å². The second-order valence-electron chi connectivity index (χ2n) is 5.23. The number of rotatable bonds is 2. The highest BCUT2D eigenvalue weighted by atomic mass is 32.2. The summed E-state index contributed by atoms with van der Waals surface area (Å²) in [6.07, 6.45) is 2.98. The third-order valence-corrected chi connectivity index (χ3v) is 5.93. The topological polar surface area (TPSA) is 76.3 Å². The van der Waals surface area contributed by atoms with Gasteiger partial charge >= 0.3 is 0 Å². The Kier molecular flexibility index (Phi) is 3.62. The predicted octanol–water partition coefficient (Wildman–Crippen LogP) is 1.73. The zero-order valence-corrected chi connectivity index (χ0v) is 13.4. The summed E-state index contributed by atoms with van der Waals surface area (Å²) < 4.78 is 27.9. The fraction of sp³-hybridized carbons (Fsp3) is 0.357. The van der Waals surface area contributed by atoms with E-state index in [2.05, 4.69) is 21.4 Å². The van der Waals surface area contributed by atoms with Crippen molar-refractivity contribution in [2.45, 2.75) is 17.7 Å². The van der Waals surface area contributed by atoms with Gasteiger partial charge in [0.25, 0.3) is 0 Å². The van der Waals surface area contributed by atoms with Gasteiger partial charge in [0, 0.05) is 19.3 Å². The van der Waals surface area contributed by atoms with Crippen molar-refractivity contribution in [1.29, 1.82) is 0 Å². The number of aromatic nitrogens is 1. The van der Waals surface area contributed by atoms with E-state index < -0.39 is 9.84 Å². The molecule has 1 aromatic heterocycles. The monoisotopic (exact) mass is 323 g/mol. The molecule has 0 aliphatic carbocycles. The lowest BCUT2D eigenvalue weighted by Crippen LogP contribution is -2.26. The van der Waals surface area contributed by atoms with E-state index in [1.807, 2.05) is 12.1 Å². The molecule has 0 atom stereocenters. The van der Waals surface area contributed by atoms with Gasteiger partial charge in [-0.3, -0.25) is 0 Å². The first-order valence-electron chi connectivity index (χ1n) is 6.74. The molecular weight excluding hydrogens is 306 g/mol. The van der Waals surface area contributed by atoms with Gasteiger partial charge in [-0.1, -0.05) is 24.3 Å². The molecule has 0 amide bonds. The highest BCUT2D eigenvalue weighted by Gasteiger charge is 2.26. The Bertz CT molecular complexity index is 741. The van der Waals surface area contributed by atoms with Crippen molar-refractivity contribution in [2.24, 2.45) is 0 Å². The summed E-state index contributed by atoms with van der Waals surface area (Å²) in [6.45, 7) is 1.56.